The second-order valence-electron chi connectivity index (χ2n) is 6.16. The van der Waals surface area contributed by atoms with Gasteiger partial charge in [0.25, 0.3) is 0 Å². The molecule has 0 amide bonds. The van der Waals surface area contributed by atoms with Crippen LogP contribution in [-0.4, -0.2) is 39.9 Å². The minimum Gasteiger partial charge on any atom is -0.497 e. The predicted octanol–water partition coefficient (Wildman–Crippen LogP) is 3.80. The lowest BCUT2D eigenvalue weighted by Crippen LogP contribution is -2.06. The molecule has 2 aromatic carbocycles. The average molecular weight is 437 g/mol. The molecule has 8 heteroatoms. The molecular weight excluding hydrogens is 414 g/mol. The van der Waals surface area contributed by atoms with E-state index >= 15 is 0 Å². The first-order valence-corrected chi connectivity index (χ1v) is 9.54. The Bertz CT molecular complexity index is 1080. The van der Waals surface area contributed by atoms with Gasteiger partial charge in [0, 0.05) is 17.7 Å². The van der Waals surface area contributed by atoms with Crippen molar-refractivity contribution in [3.8, 4) is 29.1 Å². The molecule has 8 nitrogen and oxygen atoms in total. The predicted molar refractivity (Wildman–Crippen MR) is 117 cm³/mol. The number of hydrogen-bond donors (Lipinski definition) is 0. The Morgan fingerprint density at radius 3 is 2.34 bits per heavy atom. The van der Waals surface area contributed by atoms with E-state index in [1.807, 2.05) is 0 Å². The van der Waals surface area contributed by atoms with Crippen LogP contribution in [0.25, 0.3) is 12.2 Å². The van der Waals surface area contributed by atoms with E-state index in [9.17, 15) is 9.59 Å². The number of hydrogen-bond acceptors (Lipinski definition) is 8. The molecule has 0 fully saturated rings. The standard InChI is InChI=1S/C24H23NO7/c1-5-31-24(27)18(15-25)12-16-6-10-20(22(13-16)30-4)32-23(26)11-8-17-7-9-19(28-2)14-21(17)29-3/h6-14H,5H2,1-4H3/b11-8+,18-12+. The Balaban J connectivity index is 2.19. The summed E-state index contributed by atoms with van der Waals surface area (Å²) in [7, 11) is 4.48. The summed E-state index contributed by atoms with van der Waals surface area (Å²) in [4.78, 5) is 24.1. The maximum absolute atomic E-state index is 12.3. The maximum Gasteiger partial charge on any atom is 0.348 e. The second kappa shape index (κ2) is 11.8. The van der Waals surface area contributed by atoms with Crippen LogP contribution in [0.2, 0.25) is 0 Å². The van der Waals surface area contributed by atoms with Gasteiger partial charge < -0.3 is 23.7 Å². The summed E-state index contributed by atoms with van der Waals surface area (Å²) in [5.41, 5.74) is 1.01. The van der Waals surface area contributed by atoms with Crippen molar-refractivity contribution in [1.82, 2.24) is 0 Å². The largest absolute Gasteiger partial charge is 0.497 e. The Kier molecular flexibility index (Phi) is 8.87. The molecule has 0 N–H and O–H groups in total. The van der Waals surface area contributed by atoms with Crippen molar-refractivity contribution in [2.45, 2.75) is 6.92 Å². The van der Waals surface area contributed by atoms with Gasteiger partial charge in [-0.25, -0.2) is 9.59 Å². The third kappa shape index (κ3) is 6.37. The highest BCUT2D eigenvalue weighted by molar-refractivity contribution is 5.98. The third-order valence-electron chi connectivity index (χ3n) is 4.16. The highest BCUT2D eigenvalue weighted by Crippen LogP contribution is 2.30. The summed E-state index contributed by atoms with van der Waals surface area (Å²) in [6.07, 6.45) is 4.18. The molecular formula is C24H23NO7. The van der Waals surface area contributed by atoms with Crippen molar-refractivity contribution in [3.63, 3.8) is 0 Å². The van der Waals surface area contributed by atoms with Crippen molar-refractivity contribution in [2.75, 3.05) is 27.9 Å². The van der Waals surface area contributed by atoms with Crippen molar-refractivity contribution >= 4 is 24.1 Å². The molecule has 0 spiro atoms. The van der Waals surface area contributed by atoms with Gasteiger partial charge in [0.05, 0.1) is 27.9 Å². The normalized spacial score (nSPS) is 10.9. The summed E-state index contributed by atoms with van der Waals surface area (Å²) in [5, 5.41) is 9.16. The van der Waals surface area contributed by atoms with E-state index in [1.165, 1.54) is 38.5 Å². The lowest BCUT2D eigenvalue weighted by Gasteiger charge is -2.09. The van der Waals surface area contributed by atoms with Gasteiger partial charge in [-0.3, -0.25) is 0 Å². The molecule has 0 aliphatic rings. The smallest absolute Gasteiger partial charge is 0.348 e. The van der Waals surface area contributed by atoms with E-state index in [0.717, 1.165) is 0 Å². The summed E-state index contributed by atoms with van der Waals surface area (Å²) in [5.74, 6) is 0.247. The summed E-state index contributed by atoms with van der Waals surface area (Å²) < 4.78 is 25.9. The first-order valence-electron chi connectivity index (χ1n) is 9.54. The Morgan fingerprint density at radius 1 is 0.969 bits per heavy atom. The fourth-order valence-corrected chi connectivity index (χ4v) is 2.63. The SMILES string of the molecule is CCOC(=O)/C(C#N)=C/c1ccc(OC(=O)/C=C/c2ccc(OC)cc2OC)c(OC)c1. The molecule has 0 aromatic heterocycles. The van der Waals surface area contributed by atoms with E-state index in [0.29, 0.717) is 22.6 Å². The van der Waals surface area contributed by atoms with Crippen LogP contribution >= 0.6 is 0 Å². The number of nitriles is 1. The molecule has 32 heavy (non-hydrogen) atoms. The number of nitrogens with zero attached hydrogens (tertiary/aromatic N) is 1. The van der Waals surface area contributed by atoms with Crippen LogP contribution in [0.1, 0.15) is 18.1 Å². The van der Waals surface area contributed by atoms with E-state index < -0.39 is 11.9 Å². The number of esters is 2. The van der Waals surface area contributed by atoms with E-state index in [-0.39, 0.29) is 23.7 Å². The molecule has 0 bridgehead atoms. The summed E-state index contributed by atoms with van der Waals surface area (Å²) in [6.45, 7) is 1.81. The molecule has 166 valence electrons. The van der Waals surface area contributed by atoms with Crippen molar-refractivity contribution in [1.29, 1.82) is 5.26 Å². The average Bonchev–Trinajstić information content (AvgIpc) is 2.81. The van der Waals surface area contributed by atoms with Gasteiger partial charge in [-0.1, -0.05) is 6.07 Å². The monoisotopic (exact) mass is 437 g/mol. The molecule has 0 radical (unpaired) electrons. The number of methoxy groups -OCH3 is 3. The minimum absolute atomic E-state index is 0.157. The first-order chi connectivity index (χ1) is 15.4. The lowest BCUT2D eigenvalue weighted by atomic mass is 10.1. The Labute approximate surface area is 186 Å². The molecule has 0 aliphatic heterocycles. The van der Waals surface area contributed by atoms with E-state index in [1.54, 1.807) is 50.4 Å². The number of rotatable bonds is 9. The highest BCUT2D eigenvalue weighted by Gasteiger charge is 2.13. The molecule has 0 heterocycles. The molecule has 2 aromatic rings. The minimum atomic E-state index is -0.719. The summed E-state index contributed by atoms with van der Waals surface area (Å²) in [6, 6.07) is 11.6. The zero-order valence-corrected chi connectivity index (χ0v) is 18.2. The van der Waals surface area contributed by atoms with Crippen LogP contribution in [-0.2, 0) is 14.3 Å². The van der Waals surface area contributed by atoms with Gasteiger partial charge in [0.15, 0.2) is 11.5 Å². The van der Waals surface area contributed by atoms with Gasteiger partial charge >= 0.3 is 11.9 Å². The van der Waals surface area contributed by atoms with Crippen molar-refractivity contribution in [3.05, 3.63) is 59.2 Å². The number of ether oxygens (including phenoxy) is 5. The Hall–Kier alpha value is -4.25. The number of carbonyl (C=O) groups excluding carboxylic acids is 2. The zero-order valence-electron chi connectivity index (χ0n) is 18.2. The second-order valence-corrected chi connectivity index (χ2v) is 6.16. The fourth-order valence-electron chi connectivity index (χ4n) is 2.63. The molecule has 0 unspecified atom stereocenters. The number of carbonyl (C=O) groups is 2. The Morgan fingerprint density at radius 2 is 1.72 bits per heavy atom. The van der Waals surface area contributed by atoms with Crippen molar-refractivity contribution < 1.29 is 33.3 Å². The first kappa shape index (κ1) is 24.0. The van der Waals surface area contributed by atoms with Crippen molar-refractivity contribution in [2.24, 2.45) is 0 Å². The van der Waals surface area contributed by atoms with Crippen LogP contribution in [0.5, 0.6) is 23.0 Å². The van der Waals surface area contributed by atoms with E-state index in [4.69, 9.17) is 28.9 Å². The molecule has 0 aliphatic carbocycles. The molecule has 0 saturated heterocycles. The highest BCUT2D eigenvalue weighted by atomic mass is 16.6. The third-order valence-corrected chi connectivity index (χ3v) is 4.16. The van der Waals surface area contributed by atoms with Crippen LogP contribution in [0.15, 0.2) is 48.0 Å². The van der Waals surface area contributed by atoms with Crippen LogP contribution in [0, 0.1) is 11.3 Å². The topological polar surface area (TPSA) is 104 Å². The quantitative estimate of drug-likeness (QED) is 0.253. The van der Waals surface area contributed by atoms with Crippen LogP contribution in [0.4, 0.5) is 0 Å². The molecule has 0 atom stereocenters. The zero-order chi connectivity index (χ0) is 23.5. The van der Waals surface area contributed by atoms with Gasteiger partial charge in [-0.15, -0.1) is 0 Å². The van der Waals surface area contributed by atoms with E-state index in [2.05, 4.69) is 0 Å². The van der Waals surface area contributed by atoms with Gasteiger partial charge in [0.1, 0.15) is 23.1 Å². The van der Waals surface area contributed by atoms with Crippen LogP contribution in [0.3, 0.4) is 0 Å². The summed E-state index contributed by atoms with van der Waals surface area (Å²) >= 11 is 0. The molecule has 2 rings (SSSR count). The number of benzene rings is 2. The van der Waals surface area contributed by atoms with Gasteiger partial charge in [0.2, 0.25) is 0 Å². The fraction of sp³-hybridized carbons (Fsp3) is 0.208. The van der Waals surface area contributed by atoms with Gasteiger partial charge in [-0.05, 0) is 48.9 Å². The van der Waals surface area contributed by atoms with Crippen LogP contribution < -0.4 is 18.9 Å². The maximum atomic E-state index is 12.3. The lowest BCUT2D eigenvalue weighted by molar-refractivity contribution is -0.138. The molecule has 0 saturated carbocycles. The van der Waals surface area contributed by atoms with Gasteiger partial charge in [-0.2, -0.15) is 5.26 Å².